The van der Waals surface area contributed by atoms with Crippen molar-refractivity contribution < 1.29 is 4.74 Å². The Morgan fingerprint density at radius 3 is 2.83 bits per heavy atom. The molecule has 0 unspecified atom stereocenters. The molecule has 0 aromatic carbocycles. The topological polar surface area (TPSA) is 61.0 Å². The van der Waals surface area contributed by atoms with Crippen LogP contribution < -0.4 is 10.5 Å². The molecule has 1 heterocycles. The van der Waals surface area contributed by atoms with Gasteiger partial charge in [0.1, 0.15) is 4.60 Å². The lowest BCUT2D eigenvalue weighted by Crippen LogP contribution is -2.09. The van der Waals surface area contributed by atoms with Gasteiger partial charge in [-0.3, -0.25) is 0 Å². The van der Waals surface area contributed by atoms with E-state index in [0.29, 0.717) is 16.3 Å². The fourth-order valence-electron chi connectivity index (χ4n) is 0.671. The third kappa shape index (κ3) is 2.34. The Kier molecular flexibility index (Phi) is 2.86. The van der Waals surface area contributed by atoms with E-state index in [2.05, 4.69) is 25.9 Å². The van der Waals surface area contributed by atoms with Gasteiger partial charge in [-0.05, 0) is 29.8 Å². The molecule has 0 bridgehead atoms. The fourth-order valence-corrected chi connectivity index (χ4v) is 0.935. The van der Waals surface area contributed by atoms with Crippen LogP contribution in [0, 0.1) is 0 Å². The molecule has 0 atom stereocenters. The standard InChI is InChI=1S/C7H10BrN3O/c1-4(2)12-7-6(9)10-3-5(8)11-7/h3-4H,1-2H3,(H2,9,10). The number of hydrogen-bond donors (Lipinski definition) is 1. The van der Waals surface area contributed by atoms with Crippen molar-refractivity contribution in [2.24, 2.45) is 0 Å². The first-order chi connectivity index (χ1) is 5.59. The zero-order chi connectivity index (χ0) is 9.14. The molecular weight excluding hydrogens is 222 g/mol. The molecule has 0 radical (unpaired) electrons. The normalized spacial score (nSPS) is 10.3. The molecule has 0 saturated heterocycles. The maximum absolute atomic E-state index is 5.52. The lowest BCUT2D eigenvalue weighted by Gasteiger charge is -2.09. The van der Waals surface area contributed by atoms with Gasteiger partial charge in [0.05, 0.1) is 12.3 Å². The van der Waals surface area contributed by atoms with Gasteiger partial charge in [0.25, 0.3) is 5.88 Å². The summed E-state index contributed by atoms with van der Waals surface area (Å²) in [5, 5.41) is 0. The summed E-state index contributed by atoms with van der Waals surface area (Å²) in [5.41, 5.74) is 5.52. The Morgan fingerprint density at radius 2 is 2.25 bits per heavy atom. The molecule has 5 heteroatoms. The number of nitrogens with zero attached hydrogens (tertiary/aromatic N) is 2. The average molecular weight is 232 g/mol. The van der Waals surface area contributed by atoms with Crippen LogP contribution in [0.1, 0.15) is 13.8 Å². The summed E-state index contributed by atoms with van der Waals surface area (Å²) < 4.78 is 5.92. The van der Waals surface area contributed by atoms with Crippen molar-refractivity contribution >= 4 is 21.7 Å². The van der Waals surface area contributed by atoms with Gasteiger partial charge in [-0.15, -0.1) is 0 Å². The molecule has 0 amide bonds. The van der Waals surface area contributed by atoms with E-state index in [-0.39, 0.29) is 6.10 Å². The predicted octanol–water partition coefficient (Wildman–Crippen LogP) is 1.61. The number of nitrogen functional groups attached to an aromatic ring is 1. The summed E-state index contributed by atoms with van der Waals surface area (Å²) in [6.45, 7) is 3.81. The Labute approximate surface area is 79.3 Å². The van der Waals surface area contributed by atoms with Crippen LogP contribution in [0.5, 0.6) is 5.88 Å². The zero-order valence-electron chi connectivity index (χ0n) is 6.91. The van der Waals surface area contributed by atoms with Gasteiger partial charge < -0.3 is 10.5 Å². The Bertz CT molecular complexity index is 277. The molecule has 1 aromatic rings. The van der Waals surface area contributed by atoms with Crippen LogP contribution in [-0.4, -0.2) is 16.1 Å². The van der Waals surface area contributed by atoms with Gasteiger partial charge in [-0.25, -0.2) is 9.97 Å². The van der Waals surface area contributed by atoms with E-state index in [0.717, 1.165) is 0 Å². The van der Waals surface area contributed by atoms with E-state index in [1.165, 1.54) is 6.20 Å². The number of rotatable bonds is 2. The summed E-state index contributed by atoms with van der Waals surface area (Å²) in [6.07, 6.45) is 1.58. The van der Waals surface area contributed by atoms with E-state index < -0.39 is 0 Å². The third-order valence-electron chi connectivity index (χ3n) is 1.08. The van der Waals surface area contributed by atoms with Gasteiger partial charge in [-0.2, -0.15) is 0 Å². The Balaban J connectivity index is 2.90. The van der Waals surface area contributed by atoms with Crippen molar-refractivity contribution in [3.8, 4) is 5.88 Å². The highest BCUT2D eigenvalue weighted by molar-refractivity contribution is 9.10. The predicted molar refractivity (Wildman–Crippen MR) is 49.9 cm³/mol. The Morgan fingerprint density at radius 1 is 1.58 bits per heavy atom. The summed E-state index contributed by atoms with van der Waals surface area (Å²) >= 11 is 3.18. The second kappa shape index (κ2) is 3.71. The molecule has 1 rings (SSSR count). The molecule has 0 aliphatic carbocycles. The SMILES string of the molecule is CC(C)Oc1nc(Br)cnc1N. The van der Waals surface area contributed by atoms with Crippen LogP contribution in [0.3, 0.4) is 0 Å². The largest absolute Gasteiger partial charge is 0.472 e. The zero-order valence-corrected chi connectivity index (χ0v) is 8.50. The number of aromatic nitrogens is 2. The monoisotopic (exact) mass is 231 g/mol. The minimum Gasteiger partial charge on any atom is -0.472 e. The highest BCUT2D eigenvalue weighted by atomic mass is 79.9. The van der Waals surface area contributed by atoms with Gasteiger partial charge >= 0.3 is 0 Å². The number of halogens is 1. The van der Waals surface area contributed by atoms with Gasteiger partial charge in [0.2, 0.25) is 0 Å². The second-order valence-electron chi connectivity index (χ2n) is 2.55. The lowest BCUT2D eigenvalue weighted by atomic mass is 10.5. The fraction of sp³-hybridized carbons (Fsp3) is 0.429. The molecule has 0 spiro atoms. The van der Waals surface area contributed by atoms with E-state index in [4.69, 9.17) is 10.5 Å². The van der Waals surface area contributed by atoms with Crippen molar-refractivity contribution in [3.63, 3.8) is 0 Å². The molecule has 0 aliphatic heterocycles. The first-order valence-corrected chi connectivity index (χ1v) is 4.33. The maximum atomic E-state index is 5.52. The van der Waals surface area contributed by atoms with E-state index in [9.17, 15) is 0 Å². The van der Waals surface area contributed by atoms with E-state index in [1.54, 1.807) is 0 Å². The summed E-state index contributed by atoms with van der Waals surface area (Å²) in [6, 6.07) is 0. The van der Waals surface area contributed by atoms with Gasteiger partial charge in [-0.1, -0.05) is 0 Å². The first-order valence-electron chi connectivity index (χ1n) is 3.54. The molecular formula is C7H10BrN3O. The first kappa shape index (κ1) is 9.25. The quantitative estimate of drug-likeness (QED) is 0.841. The van der Waals surface area contributed by atoms with E-state index >= 15 is 0 Å². The molecule has 0 aliphatic rings. The molecule has 2 N–H and O–H groups in total. The van der Waals surface area contributed by atoms with Crippen molar-refractivity contribution in [1.29, 1.82) is 0 Å². The molecule has 0 fully saturated rings. The highest BCUT2D eigenvalue weighted by Crippen LogP contribution is 2.18. The molecule has 0 saturated carbocycles. The molecule has 4 nitrogen and oxygen atoms in total. The van der Waals surface area contributed by atoms with Crippen LogP contribution in [0.15, 0.2) is 10.8 Å². The van der Waals surface area contributed by atoms with Gasteiger partial charge in [0.15, 0.2) is 5.82 Å². The second-order valence-corrected chi connectivity index (χ2v) is 3.36. The van der Waals surface area contributed by atoms with Crippen LogP contribution >= 0.6 is 15.9 Å². The lowest BCUT2D eigenvalue weighted by molar-refractivity contribution is 0.233. The smallest absolute Gasteiger partial charge is 0.258 e. The summed E-state index contributed by atoms with van der Waals surface area (Å²) in [5.74, 6) is 0.686. The van der Waals surface area contributed by atoms with Crippen molar-refractivity contribution in [2.75, 3.05) is 5.73 Å². The average Bonchev–Trinajstić information content (AvgIpc) is 1.96. The minimum atomic E-state index is 0.0518. The number of nitrogens with two attached hydrogens (primary N) is 1. The van der Waals surface area contributed by atoms with Gasteiger partial charge in [0, 0.05) is 0 Å². The van der Waals surface area contributed by atoms with Crippen molar-refractivity contribution in [2.45, 2.75) is 20.0 Å². The number of anilines is 1. The third-order valence-corrected chi connectivity index (χ3v) is 1.47. The van der Waals surface area contributed by atoms with Crippen LogP contribution in [0.2, 0.25) is 0 Å². The van der Waals surface area contributed by atoms with Crippen molar-refractivity contribution in [1.82, 2.24) is 9.97 Å². The van der Waals surface area contributed by atoms with Crippen molar-refractivity contribution in [3.05, 3.63) is 10.8 Å². The van der Waals surface area contributed by atoms with E-state index in [1.807, 2.05) is 13.8 Å². The molecule has 1 aromatic heterocycles. The molecule has 12 heavy (non-hydrogen) atoms. The molecule has 66 valence electrons. The summed E-state index contributed by atoms with van der Waals surface area (Å²) in [4.78, 5) is 7.89. The Hall–Kier alpha value is -0.840. The van der Waals surface area contributed by atoms with Crippen LogP contribution in [-0.2, 0) is 0 Å². The highest BCUT2D eigenvalue weighted by Gasteiger charge is 2.05. The summed E-state index contributed by atoms with van der Waals surface area (Å²) in [7, 11) is 0. The number of ether oxygens (including phenoxy) is 1. The number of hydrogen-bond acceptors (Lipinski definition) is 4. The minimum absolute atomic E-state index is 0.0518. The van der Waals surface area contributed by atoms with Crippen LogP contribution in [0.25, 0.3) is 0 Å². The maximum Gasteiger partial charge on any atom is 0.258 e. The van der Waals surface area contributed by atoms with Crippen LogP contribution in [0.4, 0.5) is 5.82 Å².